The molecule has 128 valence electrons. The summed E-state index contributed by atoms with van der Waals surface area (Å²) in [4.78, 5) is 26.5. The topological polar surface area (TPSA) is 106 Å². The Labute approximate surface area is 142 Å². The minimum atomic E-state index is -0.213. The summed E-state index contributed by atoms with van der Waals surface area (Å²) in [5.74, 6) is -0.0510. The Balaban J connectivity index is 1.43. The molecular formula is C16H16N6O3. The first-order valence-corrected chi connectivity index (χ1v) is 8.02. The number of rotatable bonds is 3. The zero-order valence-electron chi connectivity index (χ0n) is 13.3. The van der Waals surface area contributed by atoms with E-state index in [1.165, 1.54) is 10.8 Å². The van der Waals surface area contributed by atoms with Gasteiger partial charge in [-0.1, -0.05) is 0 Å². The monoisotopic (exact) mass is 340 g/mol. The smallest absolute Gasteiger partial charge is 0.289 e. The number of tetrazole rings is 1. The highest BCUT2D eigenvalue weighted by molar-refractivity contribution is 5.94. The number of nitrogens with one attached hydrogen (secondary N) is 1. The minimum absolute atomic E-state index is 0.107. The van der Waals surface area contributed by atoms with Crippen LogP contribution in [0.15, 0.2) is 41.1 Å². The van der Waals surface area contributed by atoms with Crippen LogP contribution in [0.4, 0.5) is 0 Å². The first-order chi connectivity index (χ1) is 12.2. The van der Waals surface area contributed by atoms with Crippen LogP contribution < -0.4 is 5.32 Å². The molecule has 1 aliphatic rings. The molecule has 25 heavy (non-hydrogen) atoms. The lowest BCUT2D eigenvalue weighted by atomic mass is 10.0. The Morgan fingerprint density at radius 1 is 1.28 bits per heavy atom. The Morgan fingerprint density at radius 3 is 3.04 bits per heavy atom. The molecule has 1 fully saturated rings. The van der Waals surface area contributed by atoms with E-state index in [-0.39, 0.29) is 17.9 Å². The van der Waals surface area contributed by atoms with Crippen molar-refractivity contribution in [2.45, 2.75) is 18.9 Å². The number of aromatic nitrogens is 4. The van der Waals surface area contributed by atoms with Crippen molar-refractivity contribution in [1.82, 2.24) is 30.3 Å². The van der Waals surface area contributed by atoms with Crippen LogP contribution in [0.25, 0.3) is 5.65 Å². The van der Waals surface area contributed by atoms with Crippen LogP contribution in [-0.2, 0) is 0 Å². The number of fused-ring (bicyclic) bond motifs is 1. The molecule has 4 heterocycles. The SMILES string of the molecule is O=C(NC1CCCN(C(=O)c2ccco2)C1)c1ccc2nnnn2c1. The fraction of sp³-hybridized carbons (Fsp3) is 0.312. The summed E-state index contributed by atoms with van der Waals surface area (Å²) in [6.45, 7) is 1.11. The normalized spacial score (nSPS) is 17.6. The first-order valence-electron chi connectivity index (χ1n) is 8.02. The molecule has 9 nitrogen and oxygen atoms in total. The zero-order chi connectivity index (χ0) is 17.2. The molecule has 0 spiro atoms. The van der Waals surface area contributed by atoms with Crippen LogP contribution in [-0.4, -0.2) is 55.9 Å². The number of carbonyl (C=O) groups is 2. The summed E-state index contributed by atoms with van der Waals surface area (Å²) in [6, 6.07) is 6.58. The summed E-state index contributed by atoms with van der Waals surface area (Å²) in [7, 11) is 0. The largest absolute Gasteiger partial charge is 0.459 e. The van der Waals surface area contributed by atoms with Gasteiger partial charge in [-0.25, -0.2) is 0 Å². The molecule has 0 bridgehead atoms. The van der Waals surface area contributed by atoms with E-state index in [4.69, 9.17) is 4.42 Å². The van der Waals surface area contributed by atoms with E-state index in [9.17, 15) is 9.59 Å². The number of hydrogen-bond donors (Lipinski definition) is 1. The summed E-state index contributed by atoms with van der Waals surface area (Å²) >= 11 is 0. The predicted molar refractivity (Wildman–Crippen MR) is 85.9 cm³/mol. The van der Waals surface area contributed by atoms with Crippen LogP contribution in [0, 0.1) is 0 Å². The third kappa shape index (κ3) is 3.08. The molecule has 0 aromatic carbocycles. The maximum Gasteiger partial charge on any atom is 0.289 e. The van der Waals surface area contributed by atoms with E-state index in [1.807, 2.05) is 0 Å². The molecular weight excluding hydrogens is 324 g/mol. The fourth-order valence-corrected chi connectivity index (χ4v) is 2.98. The summed E-state index contributed by atoms with van der Waals surface area (Å²) in [6.07, 6.45) is 4.70. The molecule has 1 unspecified atom stereocenters. The van der Waals surface area contributed by atoms with E-state index in [2.05, 4.69) is 20.8 Å². The van der Waals surface area contributed by atoms with Crippen LogP contribution in [0.5, 0.6) is 0 Å². The van der Waals surface area contributed by atoms with Crippen molar-refractivity contribution in [3.63, 3.8) is 0 Å². The summed E-state index contributed by atoms with van der Waals surface area (Å²) in [5, 5.41) is 14.1. The molecule has 1 saturated heterocycles. The molecule has 1 N–H and O–H groups in total. The number of furan rings is 1. The van der Waals surface area contributed by atoms with Gasteiger partial charge in [-0.15, -0.1) is 5.10 Å². The Bertz CT molecular complexity index is 904. The van der Waals surface area contributed by atoms with Crippen molar-refractivity contribution in [2.75, 3.05) is 13.1 Å². The molecule has 1 aliphatic heterocycles. The molecule has 3 aromatic heterocycles. The van der Waals surface area contributed by atoms with Crippen LogP contribution in [0.1, 0.15) is 33.8 Å². The molecule has 9 heteroatoms. The lowest BCUT2D eigenvalue weighted by Gasteiger charge is -2.32. The van der Waals surface area contributed by atoms with Gasteiger partial charge < -0.3 is 14.6 Å². The van der Waals surface area contributed by atoms with Gasteiger partial charge in [0.05, 0.1) is 11.8 Å². The van der Waals surface area contributed by atoms with Crippen molar-refractivity contribution >= 4 is 17.5 Å². The van der Waals surface area contributed by atoms with Gasteiger partial charge in [0.1, 0.15) is 0 Å². The van der Waals surface area contributed by atoms with Gasteiger partial charge in [-0.3, -0.25) is 9.59 Å². The minimum Gasteiger partial charge on any atom is -0.459 e. The van der Waals surface area contributed by atoms with Crippen LogP contribution >= 0.6 is 0 Å². The predicted octanol–water partition coefficient (Wildman–Crippen LogP) is 0.752. The van der Waals surface area contributed by atoms with E-state index in [1.54, 1.807) is 35.4 Å². The number of carbonyl (C=O) groups excluding carboxylic acids is 2. The van der Waals surface area contributed by atoms with E-state index >= 15 is 0 Å². The van der Waals surface area contributed by atoms with Gasteiger partial charge >= 0.3 is 0 Å². The third-order valence-electron chi connectivity index (χ3n) is 4.23. The number of likely N-dealkylation sites (tertiary alicyclic amines) is 1. The Hall–Kier alpha value is -3.23. The molecule has 2 amide bonds. The molecule has 1 atom stereocenters. The molecule has 0 aliphatic carbocycles. The zero-order valence-corrected chi connectivity index (χ0v) is 13.3. The summed E-state index contributed by atoms with van der Waals surface area (Å²) < 4.78 is 6.61. The van der Waals surface area contributed by atoms with Crippen molar-refractivity contribution in [1.29, 1.82) is 0 Å². The number of amides is 2. The van der Waals surface area contributed by atoms with Gasteiger partial charge in [0, 0.05) is 25.3 Å². The second kappa shape index (κ2) is 6.34. The van der Waals surface area contributed by atoms with E-state index < -0.39 is 0 Å². The summed E-state index contributed by atoms with van der Waals surface area (Å²) in [5.41, 5.74) is 1.04. The first kappa shape index (κ1) is 15.3. The van der Waals surface area contributed by atoms with Gasteiger partial charge in [0.15, 0.2) is 11.4 Å². The second-order valence-electron chi connectivity index (χ2n) is 5.94. The van der Waals surface area contributed by atoms with Crippen molar-refractivity contribution in [3.05, 3.63) is 48.0 Å². The average Bonchev–Trinajstić information content (AvgIpc) is 3.32. The lowest BCUT2D eigenvalue weighted by Crippen LogP contribution is -2.49. The highest BCUT2D eigenvalue weighted by atomic mass is 16.3. The molecule has 3 aromatic rings. The average molecular weight is 340 g/mol. The quantitative estimate of drug-likeness (QED) is 0.754. The van der Waals surface area contributed by atoms with Crippen molar-refractivity contribution in [2.24, 2.45) is 0 Å². The van der Waals surface area contributed by atoms with E-state index in [0.29, 0.717) is 30.1 Å². The molecule has 0 saturated carbocycles. The molecule has 4 rings (SSSR count). The molecule has 0 radical (unpaired) electrons. The standard InChI is InChI=1S/C16H16N6O3/c23-15(11-5-6-14-18-19-20-22(14)9-11)17-12-3-1-7-21(10-12)16(24)13-4-2-8-25-13/h2,4-6,8-9,12H,1,3,7,10H2,(H,17,23). The number of pyridine rings is 1. The van der Waals surface area contributed by atoms with Gasteiger partial charge in [0.25, 0.3) is 11.8 Å². The van der Waals surface area contributed by atoms with Gasteiger partial charge in [-0.2, -0.15) is 4.52 Å². The highest BCUT2D eigenvalue weighted by Crippen LogP contribution is 2.15. The van der Waals surface area contributed by atoms with Gasteiger partial charge in [0.2, 0.25) is 0 Å². The number of nitrogens with zero attached hydrogens (tertiary/aromatic N) is 5. The highest BCUT2D eigenvalue weighted by Gasteiger charge is 2.27. The van der Waals surface area contributed by atoms with Crippen LogP contribution in [0.3, 0.4) is 0 Å². The third-order valence-corrected chi connectivity index (χ3v) is 4.23. The van der Waals surface area contributed by atoms with Crippen LogP contribution in [0.2, 0.25) is 0 Å². The second-order valence-corrected chi connectivity index (χ2v) is 5.94. The number of hydrogen-bond acceptors (Lipinski definition) is 6. The maximum atomic E-state index is 12.5. The lowest BCUT2D eigenvalue weighted by molar-refractivity contribution is 0.0647. The van der Waals surface area contributed by atoms with Crippen molar-refractivity contribution < 1.29 is 14.0 Å². The van der Waals surface area contributed by atoms with E-state index in [0.717, 1.165) is 12.8 Å². The maximum absolute atomic E-state index is 12.5. The van der Waals surface area contributed by atoms with Gasteiger partial charge in [-0.05, 0) is 47.5 Å². The number of piperidine rings is 1. The Morgan fingerprint density at radius 2 is 2.20 bits per heavy atom. The Kier molecular flexibility index (Phi) is 3.88. The van der Waals surface area contributed by atoms with Crippen molar-refractivity contribution in [3.8, 4) is 0 Å². The fourth-order valence-electron chi connectivity index (χ4n) is 2.98.